The molecule has 0 aliphatic heterocycles. The van der Waals surface area contributed by atoms with Gasteiger partial charge in [-0.05, 0) is 24.3 Å². The molecule has 0 unspecified atom stereocenters. The summed E-state index contributed by atoms with van der Waals surface area (Å²) in [5, 5.41) is 0.669. The van der Waals surface area contributed by atoms with Gasteiger partial charge >= 0.3 is 5.97 Å². The fraction of sp³-hybridized carbons (Fsp3) is 0.0667. The Morgan fingerprint density at radius 3 is 2.60 bits per heavy atom. The van der Waals surface area contributed by atoms with E-state index in [1.54, 1.807) is 30.3 Å². The van der Waals surface area contributed by atoms with Crippen LogP contribution in [0.3, 0.4) is 0 Å². The predicted octanol–water partition coefficient (Wildman–Crippen LogP) is 3.82. The Kier molecular flexibility index (Phi) is 4.29. The molecule has 2 rings (SSSR count). The van der Waals surface area contributed by atoms with Crippen LogP contribution in [0.15, 0.2) is 30.3 Å². The average molecular weight is 306 g/mol. The van der Waals surface area contributed by atoms with E-state index in [9.17, 15) is 4.79 Å². The molecule has 0 aliphatic carbocycles. The van der Waals surface area contributed by atoms with Gasteiger partial charge < -0.3 is 4.74 Å². The van der Waals surface area contributed by atoms with Gasteiger partial charge in [0.05, 0.1) is 22.8 Å². The van der Waals surface area contributed by atoms with Crippen molar-refractivity contribution in [2.24, 2.45) is 0 Å². The number of carbonyl (C=O) groups is 1. The molecule has 0 atom stereocenters. The summed E-state index contributed by atoms with van der Waals surface area (Å²) < 4.78 is 4.63. The van der Waals surface area contributed by atoms with Gasteiger partial charge in [-0.25, -0.2) is 9.78 Å². The molecule has 0 radical (unpaired) electrons. The van der Waals surface area contributed by atoms with Crippen molar-refractivity contribution in [2.75, 3.05) is 7.11 Å². The van der Waals surface area contributed by atoms with E-state index in [1.807, 2.05) is 0 Å². The molecular weight excluding hydrogens is 297 g/mol. The molecule has 5 heteroatoms. The molecule has 0 saturated carbocycles. The molecule has 0 amide bonds. The van der Waals surface area contributed by atoms with E-state index in [0.717, 1.165) is 0 Å². The topological polar surface area (TPSA) is 39.2 Å². The maximum absolute atomic E-state index is 11.6. The number of ether oxygens (including phenoxy) is 1. The predicted molar refractivity (Wildman–Crippen MR) is 79.0 cm³/mol. The molecule has 3 nitrogen and oxygen atoms in total. The Bertz CT molecular complexity index is 720. The molecule has 0 saturated heterocycles. The Labute approximate surface area is 126 Å². The summed E-state index contributed by atoms with van der Waals surface area (Å²) in [4.78, 5) is 15.8. The highest BCUT2D eigenvalue weighted by Gasteiger charge is 2.15. The number of terminal acetylenes is 1. The summed E-state index contributed by atoms with van der Waals surface area (Å²) in [5.74, 6) is 1.89. The molecule has 0 fully saturated rings. The summed E-state index contributed by atoms with van der Waals surface area (Å²) in [5.41, 5.74) is 1.89. The normalized spacial score (nSPS) is 9.90. The fourth-order valence-electron chi connectivity index (χ4n) is 1.64. The van der Waals surface area contributed by atoms with E-state index in [-0.39, 0.29) is 10.7 Å². The number of hydrogen-bond acceptors (Lipinski definition) is 3. The third-order valence-electron chi connectivity index (χ3n) is 2.64. The Balaban J connectivity index is 2.54. The van der Waals surface area contributed by atoms with Crippen molar-refractivity contribution in [3.8, 4) is 23.6 Å². The zero-order chi connectivity index (χ0) is 14.7. The molecule has 0 aliphatic rings. The van der Waals surface area contributed by atoms with Gasteiger partial charge in [0, 0.05) is 11.1 Å². The third-order valence-corrected chi connectivity index (χ3v) is 3.25. The fourth-order valence-corrected chi connectivity index (χ4v) is 2.10. The second-order valence-electron chi connectivity index (χ2n) is 3.86. The molecular formula is C15H9Cl2NO2. The lowest BCUT2D eigenvalue weighted by atomic mass is 10.1. The summed E-state index contributed by atoms with van der Waals surface area (Å²) in [7, 11) is 1.27. The van der Waals surface area contributed by atoms with Crippen molar-refractivity contribution in [3.63, 3.8) is 0 Å². The monoisotopic (exact) mass is 305 g/mol. The Morgan fingerprint density at radius 1 is 1.25 bits per heavy atom. The van der Waals surface area contributed by atoms with Crippen LogP contribution in [-0.2, 0) is 4.74 Å². The highest BCUT2D eigenvalue weighted by atomic mass is 35.5. The average Bonchev–Trinajstić information content (AvgIpc) is 2.47. The lowest BCUT2D eigenvalue weighted by Gasteiger charge is -2.07. The molecule has 100 valence electrons. The molecule has 0 bridgehead atoms. The van der Waals surface area contributed by atoms with Gasteiger partial charge in [-0.1, -0.05) is 35.2 Å². The number of aromatic nitrogens is 1. The van der Waals surface area contributed by atoms with Gasteiger partial charge in [0.15, 0.2) is 5.69 Å². The van der Waals surface area contributed by atoms with Crippen LogP contribution in [0.2, 0.25) is 10.0 Å². The second kappa shape index (κ2) is 5.96. The standard InChI is InChI=1S/C15H9Cl2NO2/c1-3-9-4-5-10(12(17)8-9)13-7-6-11(16)14(18-13)15(19)20-2/h1,4-8H,2H3. The molecule has 0 spiro atoms. The van der Waals surface area contributed by atoms with Crippen LogP contribution >= 0.6 is 23.2 Å². The van der Waals surface area contributed by atoms with Crippen LogP contribution in [0.4, 0.5) is 0 Å². The van der Waals surface area contributed by atoms with Gasteiger partial charge in [-0.2, -0.15) is 0 Å². The SMILES string of the molecule is C#Cc1ccc(-c2ccc(Cl)c(C(=O)OC)n2)c(Cl)c1. The first kappa shape index (κ1) is 14.4. The van der Waals surface area contributed by atoms with Gasteiger partial charge in [-0.3, -0.25) is 0 Å². The largest absolute Gasteiger partial charge is 0.464 e. The minimum absolute atomic E-state index is 0.0451. The first-order valence-corrected chi connectivity index (χ1v) is 6.33. The number of benzene rings is 1. The van der Waals surface area contributed by atoms with Crippen molar-refractivity contribution >= 4 is 29.2 Å². The number of methoxy groups -OCH3 is 1. The zero-order valence-corrected chi connectivity index (χ0v) is 12.0. The van der Waals surface area contributed by atoms with Crippen molar-refractivity contribution in [3.05, 3.63) is 51.6 Å². The summed E-state index contributed by atoms with van der Waals surface area (Å²) >= 11 is 12.1. The van der Waals surface area contributed by atoms with E-state index in [2.05, 4.69) is 15.6 Å². The summed E-state index contributed by atoms with van der Waals surface area (Å²) in [6, 6.07) is 8.39. The zero-order valence-electron chi connectivity index (χ0n) is 10.5. The first-order chi connectivity index (χ1) is 9.56. The highest BCUT2D eigenvalue weighted by molar-refractivity contribution is 6.34. The lowest BCUT2D eigenvalue weighted by Crippen LogP contribution is -2.06. The van der Waals surface area contributed by atoms with Crippen LogP contribution in [0.1, 0.15) is 16.1 Å². The van der Waals surface area contributed by atoms with Crippen LogP contribution in [-0.4, -0.2) is 18.1 Å². The van der Waals surface area contributed by atoms with Crippen LogP contribution in [0, 0.1) is 12.3 Å². The molecule has 1 heterocycles. The number of hydrogen-bond donors (Lipinski definition) is 0. The van der Waals surface area contributed by atoms with Crippen molar-refractivity contribution < 1.29 is 9.53 Å². The molecule has 20 heavy (non-hydrogen) atoms. The van der Waals surface area contributed by atoms with Crippen molar-refractivity contribution in [1.82, 2.24) is 4.98 Å². The first-order valence-electron chi connectivity index (χ1n) is 5.58. The van der Waals surface area contributed by atoms with Gasteiger partial charge in [0.25, 0.3) is 0 Å². The van der Waals surface area contributed by atoms with E-state index < -0.39 is 5.97 Å². The van der Waals surface area contributed by atoms with E-state index >= 15 is 0 Å². The summed E-state index contributed by atoms with van der Waals surface area (Å²) in [6.45, 7) is 0. The maximum atomic E-state index is 11.6. The second-order valence-corrected chi connectivity index (χ2v) is 4.67. The number of halogens is 2. The maximum Gasteiger partial charge on any atom is 0.358 e. The van der Waals surface area contributed by atoms with Crippen LogP contribution < -0.4 is 0 Å². The van der Waals surface area contributed by atoms with Crippen molar-refractivity contribution in [2.45, 2.75) is 0 Å². The Hall–Kier alpha value is -2.02. The van der Waals surface area contributed by atoms with Crippen LogP contribution in [0.5, 0.6) is 0 Å². The number of esters is 1. The molecule has 1 aromatic heterocycles. The number of nitrogens with zero attached hydrogens (tertiary/aromatic N) is 1. The van der Waals surface area contributed by atoms with Crippen LogP contribution in [0.25, 0.3) is 11.3 Å². The third kappa shape index (κ3) is 2.77. The quantitative estimate of drug-likeness (QED) is 0.625. The Morgan fingerprint density at radius 2 is 2.00 bits per heavy atom. The number of rotatable bonds is 2. The highest BCUT2D eigenvalue weighted by Crippen LogP contribution is 2.29. The van der Waals surface area contributed by atoms with Gasteiger partial charge in [-0.15, -0.1) is 6.42 Å². The lowest BCUT2D eigenvalue weighted by molar-refractivity contribution is 0.0594. The van der Waals surface area contributed by atoms with Crippen molar-refractivity contribution in [1.29, 1.82) is 0 Å². The smallest absolute Gasteiger partial charge is 0.358 e. The van der Waals surface area contributed by atoms with E-state index in [1.165, 1.54) is 7.11 Å². The minimum atomic E-state index is -0.604. The summed E-state index contributed by atoms with van der Waals surface area (Å²) in [6.07, 6.45) is 5.31. The van der Waals surface area contributed by atoms with E-state index in [4.69, 9.17) is 29.6 Å². The molecule has 0 N–H and O–H groups in total. The molecule has 1 aromatic carbocycles. The van der Waals surface area contributed by atoms with Gasteiger partial charge in [0.1, 0.15) is 0 Å². The number of carbonyl (C=O) groups excluding carboxylic acids is 1. The van der Waals surface area contributed by atoms with Gasteiger partial charge in [0.2, 0.25) is 0 Å². The van der Waals surface area contributed by atoms with E-state index in [0.29, 0.717) is 21.8 Å². The minimum Gasteiger partial charge on any atom is -0.464 e. The number of pyridine rings is 1. The molecule has 2 aromatic rings.